The standard InChI is InChI=1S/C12H14BrN3/c1-9(14-2)11-7-10(13)3-4-12(11)16-6-5-15-8-16/h3-9,14H,1-2H3. The molecule has 2 rings (SSSR count). The zero-order chi connectivity index (χ0) is 11.5. The smallest absolute Gasteiger partial charge is 0.0991 e. The van der Waals surface area contributed by atoms with Crippen LogP contribution in [0.1, 0.15) is 18.5 Å². The number of hydrogen-bond acceptors (Lipinski definition) is 2. The second-order valence-electron chi connectivity index (χ2n) is 3.68. The molecule has 1 aromatic carbocycles. The summed E-state index contributed by atoms with van der Waals surface area (Å²) in [6, 6.07) is 6.57. The predicted octanol–water partition coefficient (Wildman–Crippen LogP) is 2.92. The number of nitrogens with one attached hydrogen (secondary N) is 1. The molecule has 1 unspecified atom stereocenters. The van der Waals surface area contributed by atoms with Gasteiger partial charge < -0.3 is 9.88 Å². The monoisotopic (exact) mass is 279 g/mol. The Bertz CT molecular complexity index is 465. The van der Waals surface area contributed by atoms with Crippen LogP contribution >= 0.6 is 15.9 Å². The van der Waals surface area contributed by atoms with Gasteiger partial charge in [-0.25, -0.2) is 4.98 Å². The topological polar surface area (TPSA) is 29.9 Å². The molecule has 0 saturated heterocycles. The molecule has 0 radical (unpaired) electrons. The minimum Gasteiger partial charge on any atom is -0.313 e. The number of halogens is 1. The van der Waals surface area contributed by atoms with Crippen LogP contribution in [-0.4, -0.2) is 16.6 Å². The van der Waals surface area contributed by atoms with Crippen molar-refractivity contribution in [3.63, 3.8) is 0 Å². The highest BCUT2D eigenvalue weighted by Crippen LogP contribution is 2.25. The van der Waals surface area contributed by atoms with Gasteiger partial charge in [-0.3, -0.25) is 0 Å². The van der Waals surface area contributed by atoms with Crippen molar-refractivity contribution < 1.29 is 0 Å². The predicted molar refractivity (Wildman–Crippen MR) is 68.7 cm³/mol. The quantitative estimate of drug-likeness (QED) is 0.936. The zero-order valence-corrected chi connectivity index (χ0v) is 10.9. The zero-order valence-electron chi connectivity index (χ0n) is 9.31. The lowest BCUT2D eigenvalue weighted by atomic mass is 10.1. The van der Waals surface area contributed by atoms with E-state index < -0.39 is 0 Å². The summed E-state index contributed by atoms with van der Waals surface area (Å²) in [7, 11) is 1.96. The van der Waals surface area contributed by atoms with Crippen LogP contribution in [0.3, 0.4) is 0 Å². The fourth-order valence-electron chi connectivity index (χ4n) is 1.66. The van der Waals surface area contributed by atoms with Gasteiger partial charge in [0.15, 0.2) is 0 Å². The molecule has 0 spiro atoms. The van der Waals surface area contributed by atoms with Gasteiger partial charge in [0.2, 0.25) is 0 Å². The van der Waals surface area contributed by atoms with E-state index in [2.05, 4.69) is 45.3 Å². The largest absolute Gasteiger partial charge is 0.313 e. The molecule has 0 saturated carbocycles. The molecule has 0 amide bonds. The number of aromatic nitrogens is 2. The number of imidazole rings is 1. The SMILES string of the molecule is CNC(C)c1cc(Br)ccc1-n1ccnc1. The van der Waals surface area contributed by atoms with E-state index in [0.29, 0.717) is 6.04 Å². The van der Waals surface area contributed by atoms with Crippen molar-refractivity contribution in [2.75, 3.05) is 7.05 Å². The first-order chi connectivity index (χ1) is 7.72. The molecule has 0 aliphatic carbocycles. The van der Waals surface area contributed by atoms with E-state index in [1.54, 1.807) is 6.20 Å². The van der Waals surface area contributed by atoms with Gasteiger partial charge in [-0.15, -0.1) is 0 Å². The Morgan fingerprint density at radius 1 is 1.44 bits per heavy atom. The van der Waals surface area contributed by atoms with Gasteiger partial charge in [0.25, 0.3) is 0 Å². The molecule has 1 heterocycles. The van der Waals surface area contributed by atoms with Crippen LogP contribution in [0.2, 0.25) is 0 Å². The van der Waals surface area contributed by atoms with Crippen LogP contribution in [0, 0.1) is 0 Å². The van der Waals surface area contributed by atoms with Crippen molar-refractivity contribution in [3.8, 4) is 5.69 Å². The van der Waals surface area contributed by atoms with Crippen LogP contribution in [0.5, 0.6) is 0 Å². The third-order valence-corrected chi connectivity index (χ3v) is 3.16. The van der Waals surface area contributed by atoms with E-state index in [0.717, 1.165) is 10.2 Å². The van der Waals surface area contributed by atoms with Gasteiger partial charge in [-0.2, -0.15) is 0 Å². The summed E-state index contributed by atoms with van der Waals surface area (Å²) in [6.07, 6.45) is 5.56. The summed E-state index contributed by atoms with van der Waals surface area (Å²) in [4.78, 5) is 4.08. The maximum Gasteiger partial charge on any atom is 0.0991 e. The molecule has 0 aliphatic rings. The van der Waals surface area contributed by atoms with Crippen LogP contribution < -0.4 is 5.32 Å². The number of hydrogen-bond donors (Lipinski definition) is 1. The van der Waals surface area contributed by atoms with E-state index in [4.69, 9.17) is 0 Å². The van der Waals surface area contributed by atoms with Crippen LogP contribution in [-0.2, 0) is 0 Å². The number of nitrogens with zero attached hydrogens (tertiary/aromatic N) is 2. The van der Waals surface area contributed by atoms with Gasteiger partial charge in [0, 0.05) is 22.9 Å². The summed E-state index contributed by atoms with van der Waals surface area (Å²) >= 11 is 3.50. The summed E-state index contributed by atoms with van der Waals surface area (Å²) < 4.78 is 3.11. The van der Waals surface area contributed by atoms with Crippen molar-refractivity contribution in [1.29, 1.82) is 0 Å². The van der Waals surface area contributed by atoms with Gasteiger partial charge in [-0.05, 0) is 37.7 Å². The van der Waals surface area contributed by atoms with Crippen molar-refractivity contribution in [1.82, 2.24) is 14.9 Å². The Morgan fingerprint density at radius 3 is 2.88 bits per heavy atom. The van der Waals surface area contributed by atoms with Gasteiger partial charge in [0.05, 0.1) is 12.0 Å². The molecule has 3 nitrogen and oxygen atoms in total. The summed E-state index contributed by atoms with van der Waals surface area (Å²) in [5.41, 5.74) is 2.40. The molecule has 1 N–H and O–H groups in total. The molecule has 16 heavy (non-hydrogen) atoms. The van der Waals surface area contributed by atoms with Crippen LogP contribution in [0.4, 0.5) is 0 Å². The Kier molecular flexibility index (Phi) is 3.41. The Balaban J connectivity index is 2.52. The van der Waals surface area contributed by atoms with E-state index in [1.165, 1.54) is 5.56 Å². The third kappa shape index (κ3) is 2.18. The second kappa shape index (κ2) is 4.80. The molecule has 1 aromatic heterocycles. The number of rotatable bonds is 3. The molecule has 84 valence electrons. The van der Waals surface area contributed by atoms with E-state index in [9.17, 15) is 0 Å². The first-order valence-corrected chi connectivity index (χ1v) is 5.96. The average Bonchev–Trinajstić information content (AvgIpc) is 2.81. The van der Waals surface area contributed by atoms with E-state index in [-0.39, 0.29) is 0 Å². The van der Waals surface area contributed by atoms with Crippen molar-refractivity contribution >= 4 is 15.9 Å². The summed E-state index contributed by atoms with van der Waals surface area (Å²) in [5.74, 6) is 0. The third-order valence-electron chi connectivity index (χ3n) is 2.67. The normalized spacial score (nSPS) is 12.7. The highest BCUT2D eigenvalue weighted by molar-refractivity contribution is 9.10. The number of benzene rings is 1. The lowest BCUT2D eigenvalue weighted by Crippen LogP contribution is -2.14. The van der Waals surface area contributed by atoms with E-state index in [1.807, 2.05) is 30.2 Å². The maximum absolute atomic E-state index is 4.08. The molecule has 2 aromatic rings. The van der Waals surface area contributed by atoms with Crippen molar-refractivity contribution in [3.05, 3.63) is 47.0 Å². The molecule has 0 fully saturated rings. The van der Waals surface area contributed by atoms with Crippen LogP contribution in [0.15, 0.2) is 41.4 Å². The fourth-order valence-corrected chi connectivity index (χ4v) is 2.04. The Hall–Kier alpha value is -1.13. The van der Waals surface area contributed by atoms with Crippen molar-refractivity contribution in [2.45, 2.75) is 13.0 Å². The molecule has 1 atom stereocenters. The first kappa shape index (κ1) is 11.4. The molecule has 0 aliphatic heterocycles. The average molecular weight is 280 g/mol. The second-order valence-corrected chi connectivity index (χ2v) is 4.60. The molecular weight excluding hydrogens is 266 g/mol. The minimum atomic E-state index is 0.301. The molecular formula is C12H14BrN3. The van der Waals surface area contributed by atoms with E-state index >= 15 is 0 Å². The highest BCUT2D eigenvalue weighted by Gasteiger charge is 2.10. The molecule has 4 heteroatoms. The van der Waals surface area contributed by atoms with Gasteiger partial charge in [0.1, 0.15) is 0 Å². The summed E-state index contributed by atoms with van der Waals surface area (Å²) in [5, 5.41) is 3.26. The highest BCUT2D eigenvalue weighted by atomic mass is 79.9. The van der Waals surface area contributed by atoms with Crippen molar-refractivity contribution in [2.24, 2.45) is 0 Å². The van der Waals surface area contributed by atoms with Gasteiger partial charge in [-0.1, -0.05) is 15.9 Å². The first-order valence-electron chi connectivity index (χ1n) is 5.17. The maximum atomic E-state index is 4.08. The Morgan fingerprint density at radius 2 is 2.25 bits per heavy atom. The lowest BCUT2D eigenvalue weighted by Gasteiger charge is -2.16. The fraction of sp³-hybridized carbons (Fsp3) is 0.250. The lowest BCUT2D eigenvalue weighted by molar-refractivity contribution is 0.647. The Labute approximate surface area is 104 Å². The summed E-state index contributed by atoms with van der Waals surface area (Å²) in [6.45, 7) is 2.14. The van der Waals surface area contributed by atoms with Gasteiger partial charge >= 0.3 is 0 Å². The molecule has 0 bridgehead atoms. The van der Waals surface area contributed by atoms with Crippen LogP contribution in [0.25, 0.3) is 5.69 Å². The minimum absolute atomic E-state index is 0.301.